The number of terminal acetylenes is 1. The van der Waals surface area contributed by atoms with E-state index in [1.54, 1.807) is 6.07 Å². The van der Waals surface area contributed by atoms with Crippen LogP contribution in [0, 0.1) is 12.3 Å². The summed E-state index contributed by atoms with van der Waals surface area (Å²) in [5, 5.41) is 10.4. The van der Waals surface area contributed by atoms with Crippen molar-refractivity contribution >= 4 is 27.5 Å². The van der Waals surface area contributed by atoms with E-state index < -0.39 is 6.10 Å². The molecule has 15 heavy (non-hydrogen) atoms. The van der Waals surface area contributed by atoms with Crippen LogP contribution < -0.4 is 0 Å². The molecular formula is C12H12BrClO. The van der Waals surface area contributed by atoms with Gasteiger partial charge >= 0.3 is 0 Å². The second-order valence-electron chi connectivity index (χ2n) is 3.29. The summed E-state index contributed by atoms with van der Waals surface area (Å²) in [6, 6.07) is 5.46. The van der Waals surface area contributed by atoms with Crippen LogP contribution in [-0.2, 0) is 0 Å². The standard InChI is InChI=1S/C12H12BrClO/c1-2-3-4-5-12(15)9-6-7-10(13)11(14)8-9/h1,6-8,12,15H,3-5H2. The molecule has 0 heterocycles. The van der Waals surface area contributed by atoms with E-state index in [4.69, 9.17) is 18.0 Å². The van der Waals surface area contributed by atoms with E-state index in [9.17, 15) is 5.11 Å². The monoisotopic (exact) mass is 286 g/mol. The summed E-state index contributed by atoms with van der Waals surface area (Å²) in [6.07, 6.45) is 6.85. The predicted molar refractivity (Wildman–Crippen MR) is 66.8 cm³/mol. The lowest BCUT2D eigenvalue weighted by molar-refractivity contribution is 0.165. The highest BCUT2D eigenvalue weighted by Gasteiger charge is 2.08. The van der Waals surface area contributed by atoms with Gasteiger partial charge in [-0.3, -0.25) is 0 Å². The first-order valence-electron chi connectivity index (χ1n) is 4.71. The molecule has 0 radical (unpaired) electrons. The summed E-state index contributed by atoms with van der Waals surface area (Å²) in [7, 11) is 0. The number of aliphatic hydroxyl groups is 1. The van der Waals surface area contributed by atoms with Crippen molar-refractivity contribution in [3.05, 3.63) is 33.3 Å². The molecule has 0 saturated carbocycles. The van der Waals surface area contributed by atoms with Gasteiger partial charge in [0, 0.05) is 10.9 Å². The third-order valence-corrected chi connectivity index (χ3v) is 3.36. The van der Waals surface area contributed by atoms with Crippen LogP contribution in [0.1, 0.15) is 30.9 Å². The smallest absolute Gasteiger partial charge is 0.0790 e. The Balaban J connectivity index is 2.62. The molecule has 0 aliphatic heterocycles. The van der Waals surface area contributed by atoms with Crippen molar-refractivity contribution in [2.75, 3.05) is 0 Å². The van der Waals surface area contributed by atoms with Gasteiger partial charge < -0.3 is 5.11 Å². The van der Waals surface area contributed by atoms with Gasteiger partial charge in [0.05, 0.1) is 11.1 Å². The number of benzene rings is 1. The molecule has 1 unspecified atom stereocenters. The minimum absolute atomic E-state index is 0.482. The van der Waals surface area contributed by atoms with Gasteiger partial charge in [-0.25, -0.2) is 0 Å². The summed E-state index contributed by atoms with van der Waals surface area (Å²) in [4.78, 5) is 0. The number of rotatable bonds is 4. The number of aliphatic hydroxyl groups excluding tert-OH is 1. The normalized spacial score (nSPS) is 12.1. The molecule has 0 aromatic heterocycles. The van der Waals surface area contributed by atoms with Gasteiger partial charge in [0.2, 0.25) is 0 Å². The van der Waals surface area contributed by atoms with Crippen LogP contribution in [0.15, 0.2) is 22.7 Å². The van der Waals surface area contributed by atoms with Gasteiger partial charge in [0.15, 0.2) is 0 Å². The average molecular weight is 288 g/mol. The molecule has 0 bridgehead atoms. The Morgan fingerprint density at radius 3 is 2.87 bits per heavy atom. The Labute approximate surface area is 104 Å². The Morgan fingerprint density at radius 1 is 1.53 bits per heavy atom. The zero-order valence-electron chi connectivity index (χ0n) is 8.21. The number of hydrogen-bond donors (Lipinski definition) is 1. The third-order valence-electron chi connectivity index (χ3n) is 2.13. The lowest BCUT2D eigenvalue weighted by Crippen LogP contribution is -1.97. The molecule has 80 valence electrons. The molecule has 1 atom stereocenters. The van der Waals surface area contributed by atoms with E-state index in [1.165, 1.54) is 0 Å². The van der Waals surface area contributed by atoms with Crippen molar-refractivity contribution in [1.29, 1.82) is 0 Å². The zero-order chi connectivity index (χ0) is 11.3. The van der Waals surface area contributed by atoms with Gasteiger partial charge in [0.1, 0.15) is 0 Å². The van der Waals surface area contributed by atoms with Crippen molar-refractivity contribution in [3.8, 4) is 12.3 Å². The van der Waals surface area contributed by atoms with Crippen LogP contribution >= 0.6 is 27.5 Å². The molecular weight excluding hydrogens is 275 g/mol. The fraction of sp³-hybridized carbons (Fsp3) is 0.333. The van der Waals surface area contributed by atoms with Crippen molar-refractivity contribution in [2.24, 2.45) is 0 Å². The Bertz CT molecular complexity index is 370. The highest BCUT2D eigenvalue weighted by atomic mass is 79.9. The highest BCUT2D eigenvalue weighted by Crippen LogP contribution is 2.27. The Hall–Kier alpha value is -0.490. The van der Waals surface area contributed by atoms with Gasteiger partial charge in [-0.1, -0.05) is 17.7 Å². The van der Waals surface area contributed by atoms with Crippen LogP contribution in [-0.4, -0.2) is 5.11 Å². The maximum Gasteiger partial charge on any atom is 0.0790 e. The summed E-state index contributed by atoms with van der Waals surface area (Å²) in [5.41, 5.74) is 0.834. The SMILES string of the molecule is C#CCCCC(O)c1ccc(Br)c(Cl)c1. The van der Waals surface area contributed by atoms with Crippen LogP contribution in [0.25, 0.3) is 0 Å². The van der Waals surface area contributed by atoms with Crippen molar-refractivity contribution in [2.45, 2.75) is 25.4 Å². The first-order chi connectivity index (χ1) is 7.15. The average Bonchev–Trinajstić information content (AvgIpc) is 2.22. The van der Waals surface area contributed by atoms with Gasteiger partial charge in [0.25, 0.3) is 0 Å². The summed E-state index contributed by atoms with van der Waals surface area (Å²) < 4.78 is 0.837. The summed E-state index contributed by atoms with van der Waals surface area (Å²) in [6.45, 7) is 0. The first-order valence-corrected chi connectivity index (χ1v) is 5.88. The minimum atomic E-state index is -0.482. The third kappa shape index (κ3) is 3.87. The van der Waals surface area contributed by atoms with Crippen LogP contribution in [0.3, 0.4) is 0 Å². The second-order valence-corrected chi connectivity index (χ2v) is 4.55. The van der Waals surface area contributed by atoms with Crippen LogP contribution in [0.5, 0.6) is 0 Å². The molecule has 1 rings (SSSR count). The Morgan fingerprint density at radius 2 is 2.27 bits per heavy atom. The molecule has 3 heteroatoms. The molecule has 1 nitrogen and oxygen atoms in total. The molecule has 1 N–H and O–H groups in total. The number of unbranched alkanes of at least 4 members (excludes halogenated alkanes) is 1. The van der Waals surface area contributed by atoms with E-state index in [0.717, 1.165) is 16.5 Å². The van der Waals surface area contributed by atoms with E-state index in [1.807, 2.05) is 12.1 Å². The Kier molecular flexibility index (Phi) is 5.17. The van der Waals surface area contributed by atoms with E-state index >= 15 is 0 Å². The largest absolute Gasteiger partial charge is 0.388 e. The fourth-order valence-electron chi connectivity index (χ4n) is 1.28. The lowest BCUT2D eigenvalue weighted by atomic mass is 10.0. The highest BCUT2D eigenvalue weighted by molar-refractivity contribution is 9.10. The topological polar surface area (TPSA) is 20.2 Å². The molecule has 1 aromatic carbocycles. The predicted octanol–water partition coefficient (Wildman–Crippen LogP) is 3.94. The second kappa shape index (κ2) is 6.17. The number of hydrogen-bond acceptors (Lipinski definition) is 1. The van der Waals surface area contributed by atoms with Crippen molar-refractivity contribution < 1.29 is 5.11 Å². The molecule has 0 saturated heterocycles. The molecule has 1 aromatic rings. The van der Waals surface area contributed by atoms with Crippen LogP contribution in [0.4, 0.5) is 0 Å². The summed E-state index contributed by atoms with van der Waals surface area (Å²) in [5.74, 6) is 2.55. The van der Waals surface area contributed by atoms with Crippen LogP contribution in [0.2, 0.25) is 5.02 Å². The lowest BCUT2D eigenvalue weighted by Gasteiger charge is -2.10. The maximum atomic E-state index is 9.82. The van der Waals surface area contributed by atoms with Crippen molar-refractivity contribution in [1.82, 2.24) is 0 Å². The van der Waals surface area contributed by atoms with Crippen molar-refractivity contribution in [3.63, 3.8) is 0 Å². The zero-order valence-corrected chi connectivity index (χ0v) is 10.6. The minimum Gasteiger partial charge on any atom is -0.388 e. The van der Waals surface area contributed by atoms with Gasteiger partial charge in [-0.15, -0.1) is 12.3 Å². The van der Waals surface area contributed by atoms with E-state index in [-0.39, 0.29) is 0 Å². The molecule has 0 aliphatic rings. The molecule has 0 fully saturated rings. The fourth-order valence-corrected chi connectivity index (χ4v) is 1.72. The van der Waals surface area contributed by atoms with E-state index in [2.05, 4.69) is 21.9 Å². The molecule has 0 spiro atoms. The first kappa shape index (κ1) is 12.6. The number of halogens is 2. The molecule has 0 amide bonds. The summed E-state index contributed by atoms with van der Waals surface area (Å²) >= 11 is 9.23. The van der Waals surface area contributed by atoms with Gasteiger partial charge in [-0.05, 0) is 46.5 Å². The maximum absolute atomic E-state index is 9.82. The molecule has 0 aliphatic carbocycles. The van der Waals surface area contributed by atoms with Gasteiger partial charge in [-0.2, -0.15) is 0 Å². The van der Waals surface area contributed by atoms with E-state index in [0.29, 0.717) is 17.9 Å². The quantitative estimate of drug-likeness (QED) is 0.657.